The molecular formula is C60H73Cl3N15O18P3. The highest BCUT2D eigenvalue weighted by molar-refractivity contribution is 7.54. The molecule has 0 fully saturated rings. The number of benzene rings is 3. The van der Waals surface area contributed by atoms with Crippen LogP contribution in [-0.4, -0.2) is 154 Å². The smallest absolute Gasteiger partial charge is 0.333 e. The number of ketones is 3. The summed E-state index contributed by atoms with van der Waals surface area (Å²) in [6.45, 7) is 7.42. The number of nitrogens with zero attached hydrogens (tertiary/aromatic N) is 9. The zero-order chi connectivity index (χ0) is 71.5. The Labute approximate surface area is 579 Å². The fourth-order valence-electron chi connectivity index (χ4n) is 8.48. The van der Waals surface area contributed by atoms with Crippen LogP contribution in [0.25, 0.3) is 33.5 Å². The standard InChI is InChI=1S/C21H25ClN5O6P.C20H25ClN5O6P.C19H23ClN5O6P/c1-2-4-17(28)13-33-34(30,32-12-15-5-3-6-16(22)11-15)10-9-31-8-7-27-14-24-18-19(27)25-21(23)26-20(18)29;1-2-16(27)12-32-33(29,31-11-14-4-3-5-15(21)10-14)9-8-30-7-6-26-13-23-17-18(26)24-20(22)25-19(17)28;1-13(26)10-30-32(28,31-11-14-3-2-4-15(20)9-14)8-7-29-6-5-25-12-22-16-17(25)23-19(21)24-18(16)27/h2-3,5-6,11,14H,1,4,7-10,12-13H2,(H3,23,25,26,29);3-5,10,13H,2,6-9,11-12H2,1H3,(H3,22,24,25,28);2-4,9,12H,5-8,10-11H2,1H3,(H3,21,23,24,27). The summed E-state index contributed by atoms with van der Waals surface area (Å²) in [5.74, 6) is -0.753. The Balaban J connectivity index is 0.000000209. The number of allylic oxidation sites excluding steroid dienone is 1. The third-order valence-corrected chi connectivity index (χ3v) is 19.5. The number of nitrogens with one attached hydrogen (secondary N) is 3. The van der Waals surface area contributed by atoms with Gasteiger partial charge in [0, 0.05) is 47.5 Å². The SMILES string of the molecule is C=CCC(=O)COP(=O)(CCOCCn1cnc2c(=O)[nH]c(N)nc21)OCc1cccc(Cl)c1.CC(=O)COP(=O)(CCOCCn1cnc2c(=O)[nH]c(N)nc21)OCc1cccc(Cl)c1.CCC(=O)COP(=O)(CCOCCn1cnc2c(=O)[nH]c(N)nc21)OCc1cccc(Cl)c1. The monoisotopic (exact) mass is 1490 g/mol. The van der Waals surface area contributed by atoms with Crippen LogP contribution in [0.2, 0.25) is 15.1 Å². The van der Waals surface area contributed by atoms with Crippen LogP contribution in [0.1, 0.15) is 43.4 Å². The van der Waals surface area contributed by atoms with Gasteiger partial charge in [-0.1, -0.05) is 84.2 Å². The molecule has 39 heteroatoms. The number of fused-ring (bicyclic) bond motifs is 3. The minimum Gasteiger partial charge on any atom is -0.379 e. The summed E-state index contributed by atoms with van der Waals surface area (Å²) in [5, 5.41) is 1.58. The maximum atomic E-state index is 13.2. The number of carbonyl (C=O) groups excluding carboxylic acids is 3. The van der Waals surface area contributed by atoms with Crippen molar-refractivity contribution < 1.29 is 69.4 Å². The lowest BCUT2D eigenvalue weighted by molar-refractivity contribution is -0.121. The van der Waals surface area contributed by atoms with Gasteiger partial charge < -0.3 is 72.3 Å². The predicted octanol–water partition coefficient (Wildman–Crippen LogP) is 8.11. The Hall–Kier alpha value is -7.94. The molecule has 3 aromatic carbocycles. The first-order valence-corrected chi connectivity index (χ1v) is 36.5. The van der Waals surface area contributed by atoms with Crippen molar-refractivity contribution in [1.29, 1.82) is 0 Å². The van der Waals surface area contributed by atoms with Gasteiger partial charge in [0.05, 0.1) is 96.9 Å². The van der Waals surface area contributed by atoms with E-state index >= 15 is 0 Å². The van der Waals surface area contributed by atoms with E-state index in [-0.39, 0.29) is 162 Å². The van der Waals surface area contributed by atoms with Gasteiger partial charge in [-0.2, -0.15) is 15.0 Å². The van der Waals surface area contributed by atoms with Crippen molar-refractivity contribution in [3.05, 3.63) is 167 Å². The molecule has 9 rings (SSSR count). The molecule has 6 heterocycles. The number of hydrogen-bond acceptors (Lipinski definition) is 27. The lowest BCUT2D eigenvalue weighted by Gasteiger charge is -2.18. The van der Waals surface area contributed by atoms with Gasteiger partial charge in [-0.3, -0.25) is 57.4 Å². The quantitative estimate of drug-likeness (QED) is 0.0120. The van der Waals surface area contributed by atoms with Crippen LogP contribution < -0.4 is 33.9 Å². The molecule has 0 aliphatic carbocycles. The number of aromatic amines is 3. The van der Waals surface area contributed by atoms with Crippen molar-refractivity contribution >= 4 is 126 Å². The second-order valence-corrected chi connectivity index (χ2v) is 29.0. The molecule has 0 radical (unpaired) electrons. The van der Waals surface area contributed by atoms with Crippen LogP contribution in [0, 0.1) is 0 Å². The summed E-state index contributed by atoms with van der Waals surface area (Å²) in [4.78, 5) is 102. The zero-order valence-electron chi connectivity index (χ0n) is 53.7. The third-order valence-electron chi connectivity index (χ3n) is 13.5. The molecule has 0 bridgehead atoms. The molecule has 0 aliphatic heterocycles. The number of nitrogen functional groups attached to an aromatic ring is 3. The number of nitrogens with two attached hydrogens (primary N) is 3. The van der Waals surface area contributed by atoms with Gasteiger partial charge in [0.15, 0.2) is 50.8 Å². The number of halogens is 3. The summed E-state index contributed by atoms with van der Waals surface area (Å²) in [7, 11) is -10.8. The molecule has 3 unspecified atom stereocenters. The van der Waals surface area contributed by atoms with Gasteiger partial charge in [0.2, 0.25) is 17.8 Å². The molecule has 0 saturated carbocycles. The van der Waals surface area contributed by atoms with E-state index in [2.05, 4.69) is 51.4 Å². The van der Waals surface area contributed by atoms with E-state index in [9.17, 15) is 42.5 Å². The van der Waals surface area contributed by atoms with E-state index in [0.29, 0.717) is 57.2 Å². The number of H-pyrrole nitrogens is 3. The summed E-state index contributed by atoms with van der Waals surface area (Å²) < 4.78 is 93.7. The molecular weight excluding hydrogens is 1420 g/mol. The average Bonchev–Trinajstić information content (AvgIpc) is 1.64. The highest BCUT2D eigenvalue weighted by atomic mass is 35.5. The van der Waals surface area contributed by atoms with E-state index in [1.54, 1.807) is 93.4 Å². The number of anilines is 3. The molecule has 0 aliphatic rings. The van der Waals surface area contributed by atoms with Gasteiger partial charge >= 0.3 is 22.8 Å². The Bertz CT molecular complexity index is 4570. The minimum absolute atomic E-state index is 0.00382. The Kier molecular flexibility index (Phi) is 30.6. The number of Topliss-reactive ketones (excluding diaryl/α,β-unsaturated/α-hetero) is 3. The van der Waals surface area contributed by atoms with Crippen LogP contribution in [0.15, 0.2) is 119 Å². The van der Waals surface area contributed by atoms with Gasteiger partial charge in [0.25, 0.3) is 16.7 Å². The summed E-state index contributed by atoms with van der Waals surface area (Å²) in [5.41, 5.74) is 19.2. The predicted molar refractivity (Wildman–Crippen MR) is 370 cm³/mol. The minimum atomic E-state index is -3.65. The highest BCUT2D eigenvalue weighted by Crippen LogP contribution is 2.50. The lowest BCUT2D eigenvalue weighted by Crippen LogP contribution is -2.14. The zero-order valence-corrected chi connectivity index (χ0v) is 58.6. The third kappa shape index (κ3) is 25.6. The largest absolute Gasteiger partial charge is 0.379 e. The van der Waals surface area contributed by atoms with E-state index in [4.69, 9.17) is 93.4 Å². The van der Waals surface area contributed by atoms with Crippen molar-refractivity contribution in [3.63, 3.8) is 0 Å². The number of ether oxygens (including phenoxy) is 3. The average molecular weight is 1490 g/mol. The maximum absolute atomic E-state index is 13.2. The molecule has 99 heavy (non-hydrogen) atoms. The normalized spacial score (nSPS) is 13.2. The van der Waals surface area contributed by atoms with Crippen molar-refractivity contribution in [1.82, 2.24) is 58.6 Å². The molecule has 0 saturated heterocycles. The van der Waals surface area contributed by atoms with Gasteiger partial charge in [-0.15, -0.1) is 6.58 Å². The second-order valence-electron chi connectivity index (χ2n) is 21.2. The van der Waals surface area contributed by atoms with Crippen LogP contribution in [0.3, 0.4) is 0 Å². The van der Waals surface area contributed by atoms with E-state index < -0.39 is 39.5 Å². The van der Waals surface area contributed by atoms with Gasteiger partial charge in [0.1, 0.15) is 19.8 Å². The molecule has 532 valence electrons. The van der Waals surface area contributed by atoms with E-state index in [0.717, 1.165) is 11.1 Å². The molecule has 9 aromatic rings. The fraction of sp³-hybridized carbons (Fsp3) is 0.367. The first-order chi connectivity index (χ1) is 47.3. The summed E-state index contributed by atoms with van der Waals surface area (Å²) in [6, 6.07) is 20.8. The van der Waals surface area contributed by atoms with Crippen LogP contribution in [-0.2, 0) is 109 Å². The highest BCUT2D eigenvalue weighted by Gasteiger charge is 2.29. The summed E-state index contributed by atoms with van der Waals surface area (Å²) >= 11 is 17.9. The first-order valence-electron chi connectivity index (χ1n) is 30.2. The number of imidazole rings is 3. The fourth-order valence-corrected chi connectivity index (χ4v) is 13.3. The van der Waals surface area contributed by atoms with E-state index in [1.807, 2.05) is 0 Å². The number of rotatable bonds is 39. The van der Waals surface area contributed by atoms with Gasteiger partial charge in [-0.25, -0.2) is 15.0 Å². The Morgan fingerprint density at radius 3 is 1.13 bits per heavy atom. The lowest BCUT2D eigenvalue weighted by atomic mass is 10.2. The molecule has 6 aromatic heterocycles. The molecule has 0 amide bonds. The topological polar surface area (TPSA) is 454 Å². The summed E-state index contributed by atoms with van der Waals surface area (Å²) in [6.07, 6.45) is 6.06. The number of aromatic nitrogens is 12. The van der Waals surface area contributed by atoms with Crippen LogP contribution >= 0.6 is 57.6 Å². The molecule has 0 spiro atoms. The Morgan fingerprint density at radius 2 is 0.828 bits per heavy atom. The number of carbonyl (C=O) groups is 3. The van der Waals surface area contributed by atoms with Crippen LogP contribution in [0.4, 0.5) is 17.8 Å². The second kappa shape index (κ2) is 38.6. The van der Waals surface area contributed by atoms with Crippen molar-refractivity contribution in [2.75, 3.05) is 95.1 Å². The molecule has 33 nitrogen and oxygen atoms in total. The van der Waals surface area contributed by atoms with Crippen molar-refractivity contribution in [2.24, 2.45) is 0 Å². The van der Waals surface area contributed by atoms with Crippen LogP contribution in [0.5, 0.6) is 0 Å². The van der Waals surface area contributed by atoms with Crippen molar-refractivity contribution in [3.8, 4) is 0 Å². The van der Waals surface area contributed by atoms with Gasteiger partial charge in [-0.05, 0) is 60.0 Å². The molecule has 9 N–H and O–H groups in total. The first kappa shape index (κ1) is 78.4. The number of hydrogen-bond donors (Lipinski definition) is 6. The van der Waals surface area contributed by atoms with Crippen molar-refractivity contribution in [2.45, 2.75) is 66.1 Å². The maximum Gasteiger partial charge on any atom is 0.333 e. The van der Waals surface area contributed by atoms with E-state index in [1.165, 1.54) is 32.0 Å². The Morgan fingerprint density at radius 1 is 0.505 bits per heavy atom. The molecule has 3 atom stereocenters.